The average molecular weight is 326 g/mol. The lowest BCUT2D eigenvalue weighted by Gasteiger charge is -2.18. The van der Waals surface area contributed by atoms with Gasteiger partial charge < -0.3 is 5.32 Å². The van der Waals surface area contributed by atoms with Gasteiger partial charge in [0.1, 0.15) is 0 Å². The Hall–Kier alpha value is -2.01. The highest BCUT2D eigenvalue weighted by Gasteiger charge is 2.13. The number of aromatic nitrogens is 3. The third-order valence-corrected chi connectivity index (χ3v) is 4.75. The number of nitrogens with one attached hydrogen (secondary N) is 1. The molecule has 0 bridgehead atoms. The molecule has 0 fully saturated rings. The molecule has 1 unspecified atom stereocenters. The van der Waals surface area contributed by atoms with Crippen LogP contribution in [-0.4, -0.2) is 20.4 Å². The van der Waals surface area contributed by atoms with E-state index in [0.29, 0.717) is 0 Å². The Labute approximate surface area is 141 Å². The Morgan fingerprint density at radius 1 is 1.26 bits per heavy atom. The van der Waals surface area contributed by atoms with Crippen molar-refractivity contribution < 1.29 is 0 Å². The van der Waals surface area contributed by atoms with E-state index in [1.807, 2.05) is 35.5 Å². The molecule has 0 aliphatic carbocycles. The van der Waals surface area contributed by atoms with E-state index >= 15 is 0 Å². The van der Waals surface area contributed by atoms with Gasteiger partial charge in [0.25, 0.3) is 0 Å². The van der Waals surface area contributed by atoms with Gasteiger partial charge in [-0.3, -0.25) is 0 Å². The molecule has 0 saturated carbocycles. The minimum absolute atomic E-state index is 0.165. The van der Waals surface area contributed by atoms with Gasteiger partial charge in [0.2, 0.25) is 0 Å². The van der Waals surface area contributed by atoms with Crippen molar-refractivity contribution in [3.63, 3.8) is 0 Å². The second-order valence-electron chi connectivity index (χ2n) is 5.68. The van der Waals surface area contributed by atoms with E-state index in [2.05, 4.69) is 60.4 Å². The molecule has 3 aromatic rings. The van der Waals surface area contributed by atoms with Crippen molar-refractivity contribution in [2.75, 3.05) is 11.1 Å². The Kier molecular flexibility index (Phi) is 4.57. The highest BCUT2D eigenvalue weighted by atomic mass is 32.2. The first-order chi connectivity index (χ1) is 11.1. The minimum atomic E-state index is 0.165. The van der Waals surface area contributed by atoms with Gasteiger partial charge in [0.05, 0.1) is 11.7 Å². The van der Waals surface area contributed by atoms with Crippen LogP contribution in [-0.2, 0) is 0 Å². The SMILES string of the molecule is CCSc1cccc(NC(C)c2cnc3cc(C)nn3c2C)c1. The summed E-state index contributed by atoms with van der Waals surface area (Å²) in [7, 11) is 0. The van der Waals surface area contributed by atoms with Crippen LogP contribution in [0.25, 0.3) is 5.65 Å². The molecular weight excluding hydrogens is 304 g/mol. The number of fused-ring (bicyclic) bond motifs is 1. The number of benzene rings is 1. The maximum atomic E-state index is 4.53. The average Bonchev–Trinajstić information content (AvgIpc) is 2.90. The van der Waals surface area contributed by atoms with Crippen molar-refractivity contribution in [2.45, 2.75) is 38.6 Å². The van der Waals surface area contributed by atoms with Crippen molar-refractivity contribution >= 4 is 23.1 Å². The van der Waals surface area contributed by atoms with Gasteiger partial charge in [-0.1, -0.05) is 13.0 Å². The second-order valence-corrected chi connectivity index (χ2v) is 7.02. The van der Waals surface area contributed by atoms with Crippen molar-refractivity contribution in [2.24, 2.45) is 0 Å². The van der Waals surface area contributed by atoms with Crippen LogP contribution in [0, 0.1) is 13.8 Å². The summed E-state index contributed by atoms with van der Waals surface area (Å²) in [5.41, 5.74) is 5.31. The number of rotatable bonds is 5. The van der Waals surface area contributed by atoms with E-state index in [0.717, 1.165) is 34.0 Å². The van der Waals surface area contributed by atoms with Crippen LogP contribution in [0.2, 0.25) is 0 Å². The third-order valence-electron chi connectivity index (χ3n) is 3.88. The molecule has 0 amide bonds. The van der Waals surface area contributed by atoms with Gasteiger partial charge in [-0.2, -0.15) is 5.10 Å². The molecule has 5 heteroatoms. The Morgan fingerprint density at radius 2 is 2.09 bits per heavy atom. The van der Waals surface area contributed by atoms with Gasteiger partial charge in [-0.05, 0) is 44.7 Å². The fraction of sp³-hybridized carbons (Fsp3) is 0.333. The summed E-state index contributed by atoms with van der Waals surface area (Å²) in [6.45, 7) is 8.42. The number of hydrogen-bond donors (Lipinski definition) is 1. The zero-order valence-corrected chi connectivity index (χ0v) is 14.8. The molecular formula is C18H22N4S. The summed E-state index contributed by atoms with van der Waals surface area (Å²) in [6.07, 6.45) is 1.95. The van der Waals surface area contributed by atoms with Crippen LogP contribution < -0.4 is 5.32 Å². The van der Waals surface area contributed by atoms with Gasteiger partial charge in [0.15, 0.2) is 5.65 Å². The fourth-order valence-electron chi connectivity index (χ4n) is 2.77. The zero-order chi connectivity index (χ0) is 16.4. The molecule has 0 spiro atoms. The first kappa shape index (κ1) is 15.9. The van der Waals surface area contributed by atoms with Gasteiger partial charge in [-0.25, -0.2) is 9.50 Å². The Bertz CT molecular complexity index is 825. The summed E-state index contributed by atoms with van der Waals surface area (Å²) in [5, 5.41) is 8.10. The standard InChI is InChI=1S/C18H22N4S/c1-5-23-16-8-6-7-15(10-16)20-13(3)17-11-19-18-9-12(2)21-22(18)14(17)4/h6-11,13,20H,5H2,1-4H3. The van der Waals surface area contributed by atoms with E-state index in [9.17, 15) is 0 Å². The van der Waals surface area contributed by atoms with Gasteiger partial charge in [0, 0.05) is 34.1 Å². The van der Waals surface area contributed by atoms with Crippen LogP contribution in [0.15, 0.2) is 41.4 Å². The van der Waals surface area contributed by atoms with Crippen LogP contribution >= 0.6 is 11.8 Å². The predicted molar refractivity (Wildman–Crippen MR) is 97.3 cm³/mol. The van der Waals surface area contributed by atoms with E-state index in [4.69, 9.17) is 0 Å². The molecule has 2 heterocycles. The number of hydrogen-bond acceptors (Lipinski definition) is 4. The first-order valence-corrected chi connectivity index (χ1v) is 8.88. The monoisotopic (exact) mass is 326 g/mol. The second kappa shape index (κ2) is 6.62. The Balaban J connectivity index is 1.87. The van der Waals surface area contributed by atoms with E-state index in [-0.39, 0.29) is 6.04 Å². The molecule has 0 aliphatic heterocycles. The number of anilines is 1. The molecule has 0 saturated heterocycles. The summed E-state index contributed by atoms with van der Waals surface area (Å²) in [6, 6.07) is 10.7. The lowest BCUT2D eigenvalue weighted by molar-refractivity contribution is 0.798. The minimum Gasteiger partial charge on any atom is -0.378 e. The van der Waals surface area contributed by atoms with Crippen LogP contribution in [0.3, 0.4) is 0 Å². The van der Waals surface area contributed by atoms with Gasteiger partial charge >= 0.3 is 0 Å². The lowest BCUT2D eigenvalue weighted by Crippen LogP contribution is -2.11. The summed E-state index contributed by atoms with van der Waals surface area (Å²) >= 11 is 1.85. The number of thioether (sulfide) groups is 1. The lowest BCUT2D eigenvalue weighted by atomic mass is 10.1. The van der Waals surface area contributed by atoms with Crippen molar-refractivity contribution in [1.82, 2.24) is 14.6 Å². The third kappa shape index (κ3) is 3.34. The van der Waals surface area contributed by atoms with E-state index in [1.165, 1.54) is 4.90 Å². The summed E-state index contributed by atoms with van der Waals surface area (Å²) < 4.78 is 1.92. The zero-order valence-electron chi connectivity index (χ0n) is 14.0. The Morgan fingerprint density at radius 3 is 2.87 bits per heavy atom. The number of aryl methyl sites for hydroxylation is 2. The summed E-state index contributed by atoms with van der Waals surface area (Å²) in [5.74, 6) is 1.08. The maximum Gasteiger partial charge on any atom is 0.155 e. The van der Waals surface area contributed by atoms with Crippen LogP contribution in [0.4, 0.5) is 5.69 Å². The van der Waals surface area contributed by atoms with Crippen LogP contribution in [0.5, 0.6) is 0 Å². The normalized spacial score (nSPS) is 12.5. The molecule has 3 rings (SSSR count). The molecule has 2 aromatic heterocycles. The molecule has 120 valence electrons. The van der Waals surface area contributed by atoms with E-state index in [1.54, 1.807) is 0 Å². The molecule has 0 aliphatic rings. The highest BCUT2D eigenvalue weighted by molar-refractivity contribution is 7.99. The molecule has 0 radical (unpaired) electrons. The van der Waals surface area contributed by atoms with Crippen molar-refractivity contribution in [3.05, 3.63) is 53.5 Å². The van der Waals surface area contributed by atoms with Crippen molar-refractivity contribution in [1.29, 1.82) is 0 Å². The largest absolute Gasteiger partial charge is 0.378 e. The highest BCUT2D eigenvalue weighted by Crippen LogP contribution is 2.26. The number of nitrogens with zero attached hydrogens (tertiary/aromatic N) is 3. The van der Waals surface area contributed by atoms with Crippen LogP contribution in [0.1, 0.15) is 36.8 Å². The van der Waals surface area contributed by atoms with Crippen molar-refractivity contribution in [3.8, 4) is 0 Å². The molecule has 1 N–H and O–H groups in total. The molecule has 1 atom stereocenters. The van der Waals surface area contributed by atoms with Gasteiger partial charge in [-0.15, -0.1) is 11.8 Å². The molecule has 4 nitrogen and oxygen atoms in total. The smallest absolute Gasteiger partial charge is 0.155 e. The molecule has 23 heavy (non-hydrogen) atoms. The fourth-order valence-corrected chi connectivity index (χ4v) is 3.49. The molecule has 1 aromatic carbocycles. The predicted octanol–water partition coefficient (Wildman–Crippen LogP) is 4.63. The topological polar surface area (TPSA) is 42.2 Å². The first-order valence-electron chi connectivity index (χ1n) is 7.89. The summed E-state index contributed by atoms with van der Waals surface area (Å²) in [4.78, 5) is 5.82. The maximum absolute atomic E-state index is 4.53. The quantitative estimate of drug-likeness (QED) is 0.694. The van der Waals surface area contributed by atoms with E-state index < -0.39 is 0 Å².